The van der Waals surface area contributed by atoms with E-state index >= 15 is 0 Å². The van der Waals surface area contributed by atoms with Crippen molar-refractivity contribution in [1.82, 2.24) is 19.9 Å². The molecule has 3 heterocycles. The van der Waals surface area contributed by atoms with Crippen molar-refractivity contribution in [2.24, 2.45) is 0 Å². The topological polar surface area (TPSA) is 59.8 Å². The number of amides is 1. The zero-order valence-electron chi connectivity index (χ0n) is 13.6. The summed E-state index contributed by atoms with van der Waals surface area (Å²) in [7, 11) is 0. The zero-order valence-corrected chi connectivity index (χ0v) is 15.2. The second-order valence-corrected chi connectivity index (χ2v) is 7.54. The second-order valence-electron chi connectivity index (χ2n) is 5.56. The third-order valence-corrected chi connectivity index (χ3v) is 5.96. The highest BCUT2D eigenvalue weighted by Crippen LogP contribution is 2.28. The Morgan fingerprint density at radius 3 is 2.96 bits per heavy atom. The van der Waals surface area contributed by atoms with Crippen LogP contribution in [0.25, 0.3) is 20.9 Å². The number of carbonyl (C=O) groups excluding carboxylic acids is 1. The van der Waals surface area contributed by atoms with Gasteiger partial charge in [-0.3, -0.25) is 4.79 Å². The maximum atomic E-state index is 12.3. The Morgan fingerprint density at radius 1 is 1.24 bits per heavy atom. The first kappa shape index (κ1) is 16.0. The fourth-order valence-corrected chi connectivity index (χ4v) is 4.38. The number of thiophene rings is 1. The summed E-state index contributed by atoms with van der Waals surface area (Å²) < 4.78 is 2.12. The first-order chi connectivity index (χ1) is 12.2. The summed E-state index contributed by atoms with van der Waals surface area (Å²) in [4.78, 5) is 23.0. The fraction of sp³-hybridized carbons (Fsp3) is 0.167. The van der Waals surface area contributed by atoms with E-state index in [0.717, 1.165) is 26.7 Å². The molecule has 4 rings (SSSR count). The number of benzene rings is 1. The highest BCUT2D eigenvalue weighted by atomic mass is 32.1. The number of imidazole rings is 1. The molecule has 1 aromatic carbocycles. The number of aromatic nitrogens is 3. The lowest BCUT2D eigenvalue weighted by molar-refractivity contribution is 0.0956. The number of hydrogen-bond donors (Lipinski definition) is 1. The molecule has 4 aromatic rings. The molecule has 126 valence electrons. The number of para-hydroxylation sites is 2. The van der Waals surface area contributed by atoms with Crippen molar-refractivity contribution in [3.63, 3.8) is 0 Å². The van der Waals surface area contributed by atoms with E-state index in [1.807, 2.05) is 48.7 Å². The van der Waals surface area contributed by atoms with E-state index < -0.39 is 0 Å². The molecule has 0 atom stereocenters. The van der Waals surface area contributed by atoms with Crippen molar-refractivity contribution in [2.45, 2.75) is 13.5 Å². The number of nitrogens with zero attached hydrogens (tertiary/aromatic N) is 3. The van der Waals surface area contributed by atoms with Crippen LogP contribution in [0.15, 0.2) is 48.0 Å². The Hall–Kier alpha value is -2.51. The molecule has 0 spiro atoms. The van der Waals surface area contributed by atoms with Crippen molar-refractivity contribution in [3.8, 4) is 9.88 Å². The fourth-order valence-electron chi connectivity index (χ4n) is 2.74. The van der Waals surface area contributed by atoms with Crippen LogP contribution in [0.2, 0.25) is 0 Å². The summed E-state index contributed by atoms with van der Waals surface area (Å²) in [6.07, 6.45) is 1.65. The SMILES string of the molecule is Cc1nc2ccccc2n1CCNC(=O)c1cnc(-c2cccs2)s1. The average molecular weight is 368 g/mol. The molecule has 7 heteroatoms. The van der Waals surface area contributed by atoms with Gasteiger partial charge in [0.1, 0.15) is 15.7 Å². The van der Waals surface area contributed by atoms with Crippen LogP contribution < -0.4 is 5.32 Å². The number of hydrogen-bond acceptors (Lipinski definition) is 5. The molecule has 0 unspecified atom stereocenters. The summed E-state index contributed by atoms with van der Waals surface area (Å²) >= 11 is 3.05. The average Bonchev–Trinajstić information content (AvgIpc) is 3.34. The molecule has 0 aliphatic heterocycles. The number of carbonyl (C=O) groups is 1. The van der Waals surface area contributed by atoms with Crippen molar-refractivity contribution >= 4 is 39.6 Å². The largest absolute Gasteiger partial charge is 0.349 e. The van der Waals surface area contributed by atoms with Crippen LogP contribution in [0.3, 0.4) is 0 Å². The van der Waals surface area contributed by atoms with Crippen molar-refractivity contribution in [1.29, 1.82) is 0 Å². The third kappa shape index (κ3) is 3.20. The van der Waals surface area contributed by atoms with E-state index in [0.29, 0.717) is 18.0 Å². The summed E-state index contributed by atoms with van der Waals surface area (Å²) in [6, 6.07) is 12.0. The van der Waals surface area contributed by atoms with E-state index in [1.54, 1.807) is 17.5 Å². The molecule has 0 aliphatic rings. The van der Waals surface area contributed by atoms with E-state index in [4.69, 9.17) is 0 Å². The van der Waals surface area contributed by atoms with Gasteiger partial charge in [-0.2, -0.15) is 0 Å². The molecule has 1 N–H and O–H groups in total. The maximum absolute atomic E-state index is 12.3. The van der Waals surface area contributed by atoms with Crippen LogP contribution >= 0.6 is 22.7 Å². The summed E-state index contributed by atoms with van der Waals surface area (Å²) in [5.74, 6) is 0.871. The normalized spacial score (nSPS) is 11.1. The monoisotopic (exact) mass is 368 g/mol. The Balaban J connectivity index is 1.41. The summed E-state index contributed by atoms with van der Waals surface area (Å²) in [5.41, 5.74) is 2.07. The maximum Gasteiger partial charge on any atom is 0.263 e. The van der Waals surface area contributed by atoms with Gasteiger partial charge in [-0.15, -0.1) is 22.7 Å². The van der Waals surface area contributed by atoms with Crippen LogP contribution in [0, 0.1) is 6.92 Å². The van der Waals surface area contributed by atoms with Gasteiger partial charge < -0.3 is 9.88 Å². The Bertz CT molecular complexity index is 1020. The van der Waals surface area contributed by atoms with E-state index in [-0.39, 0.29) is 5.91 Å². The van der Waals surface area contributed by atoms with Crippen LogP contribution in [-0.4, -0.2) is 27.0 Å². The minimum atomic E-state index is -0.0811. The molecule has 5 nitrogen and oxygen atoms in total. The van der Waals surface area contributed by atoms with E-state index in [9.17, 15) is 4.79 Å². The number of aryl methyl sites for hydroxylation is 1. The molecule has 0 bridgehead atoms. The summed E-state index contributed by atoms with van der Waals surface area (Å²) in [6.45, 7) is 3.22. The first-order valence-corrected chi connectivity index (χ1v) is 9.62. The molecular formula is C18H16N4OS2. The lowest BCUT2D eigenvalue weighted by atomic mass is 10.3. The molecule has 0 radical (unpaired) electrons. The van der Waals surface area contributed by atoms with E-state index in [1.165, 1.54) is 11.3 Å². The molecular weight excluding hydrogens is 352 g/mol. The van der Waals surface area contributed by atoms with Gasteiger partial charge in [0, 0.05) is 13.1 Å². The Kier molecular flexibility index (Phi) is 4.33. The molecule has 0 fully saturated rings. The number of fused-ring (bicyclic) bond motifs is 1. The van der Waals surface area contributed by atoms with Crippen molar-refractivity contribution in [2.75, 3.05) is 6.54 Å². The van der Waals surface area contributed by atoms with Gasteiger partial charge in [0.15, 0.2) is 0 Å². The van der Waals surface area contributed by atoms with Crippen LogP contribution in [0.4, 0.5) is 0 Å². The standard InChI is InChI=1S/C18H16N4OS2/c1-12-21-13-5-2-3-6-14(13)22(12)9-8-19-17(23)16-11-20-18(25-16)15-7-4-10-24-15/h2-7,10-11H,8-9H2,1H3,(H,19,23). The highest BCUT2D eigenvalue weighted by molar-refractivity contribution is 7.21. The predicted molar refractivity (Wildman–Crippen MR) is 102 cm³/mol. The van der Waals surface area contributed by atoms with Gasteiger partial charge in [0.2, 0.25) is 0 Å². The third-order valence-electron chi connectivity index (χ3n) is 3.93. The Labute approximate surface area is 153 Å². The van der Waals surface area contributed by atoms with E-state index in [2.05, 4.69) is 19.9 Å². The minimum Gasteiger partial charge on any atom is -0.349 e. The number of thiazole rings is 1. The number of rotatable bonds is 5. The Morgan fingerprint density at radius 2 is 2.12 bits per heavy atom. The van der Waals surface area contributed by atoms with Gasteiger partial charge in [-0.05, 0) is 30.5 Å². The minimum absolute atomic E-state index is 0.0811. The van der Waals surface area contributed by atoms with Gasteiger partial charge in [-0.1, -0.05) is 18.2 Å². The van der Waals surface area contributed by atoms with Gasteiger partial charge >= 0.3 is 0 Å². The molecule has 3 aromatic heterocycles. The van der Waals surface area contributed by atoms with Gasteiger partial charge in [0.25, 0.3) is 5.91 Å². The van der Waals surface area contributed by atoms with Crippen molar-refractivity contribution < 1.29 is 4.79 Å². The lowest BCUT2D eigenvalue weighted by Gasteiger charge is -2.07. The predicted octanol–water partition coefficient (Wildman–Crippen LogP) is 3.96. The van der Waals surface area contributed by atoms with Gasteiger partial charge in [-0.25, -0.2) is 9.97 Å². The summed E-state index contributed by atoms with van der Waals surface area (Å²) in [5, 5.41) is 5.87. The molecule has 0 saturated heterocycles. The van der Waals surface area contributed by atoms with Crippen molar-refractivity contribution in [3.05, 3.63) is 58.7 Å². The lowest BCUT2D eigenvalue weighted by Crippen LogP contribution is -2.26. The molecule has 1 amide bonds. The molecule has 25 heavy (non-hydrogen) atoms. The van der Waals surface area contributed by atoms with Crippen LogP contribution in [-0.2, 0) is 6.54 Å². The van der Waals surface area contributed by atoms with Crippen LogP contribution in [0.1, 0.15) is 15.5 Å². The first-order valence-electron chi connectivity index (χ1n) is 7.92. The second kappa shape index (κ2) is 6.78. The zero-order chi connectivity index (χ0) is 17.2. The number of nitrogens with one attached hydrogen (secondary N) is 1. The van der Waals surface area contributed by atoms with Gasteiger partial charge in [0.05, 0.1) is 22.1 Å². The van der Waals surface area contributed by atoms with Crippen LogP contribution in [0.5, 0.6) is 0 Å². The quantitative estimate of drug-likeness (QED) is 0.580. The highest BCUT2D eigenvalue weighted by Gasteiger charge is 2.12. The molecule has 0 saturated carbocycles. The smallest absolute Gasteiger partial charge is 0.263 e. The molecule has 0 aliphatic carbocycles.